The number of ketones is 1. The summed E-state index contributed by atoms with van der Waals surface area (Å²) in [7, 11) is 1.50. The lowest BCUT2D eigenvalue weighted by Crippen LogP contribution is -2.53. The van der Waals surface area contributed by atoms with Crippen molar-refractivity contribution in [1.29, 1.82) is 0 Å². The Hall–Kier alpha value is -4.92. The van der Waals surface area contributed by atoms with E-state index in [1.54, 1.807) is 13.0 Å². The standard InChI is InChI=1S/C31H30F4N6O5/c1-4-24(42)22(12-18-5-6-26(37-14-18)41-29(44)20-7-8-36-15-23(20)39(3)30(41)45)38-28(43)27-17(2)11-19(13-21(27)32)40-9-10-46-16-25(40)31(33,34)35/h5-8,11,13-15,22,25H,4,9-10,12,16H2,1-3H3,(H,38,43)/t22-,25+/m0/s1. The van der Waals surface area contributed by atoms with E-state index < -0.39 is 53.4 Å². The summed E-state index contributed by atoms with van der Waals surface area (Å²) >= 11 is 0. The van der Waals surface area contributed by atoms with Crippen LogP contribution in [0.1, 0.15) is 34.8 Å². The number of aryl methyl sites for hydroxylation is 2. The molecule has 5 rings (SSSR count). The largest absolute Gasteiger partial charge is 0.411 e. The van der Waals surface area contributed by atoms with Gasteiger partial charge in [-0.3, -0.25) is 23.9 Å². The molecule has 1 aromatic carbocycles. The van der Waals surface area contributed by atoms with Gasteiger partial charge in [-0.1, -0.05) is 13.0 Å². The quantitative estimate of drug-likeness (QED) is 0.291. The van der Waals surface area contributed by atoms with Gasteiger partial charge in [0.2, 0.25) is 0 Å². The molecule has 1 aliphatic rings. The number of nitrogens with zero attached hydrogens (tertiary/aromatic N) is 5. The third kappa shape index (κ3) is 6.27. The number of amides is 1. The number of nitrogens with one attached hydrogen (secondary N) is 1. The van der Waals surface area contributed by atoms with E-state index in [-0.39, 0.29) is 54.2 Å². The van der Waals surface area contributed by atoms with Crippen LogP contribution in [0, 0.1) is 12.7 Å². The molecule has 3 aromatic heterocycles. The Morgan fingerprint density at radius 1 is 1.15 bits per heavy atom. The van der Waals surface area contributed by atoms with Gasteiger partial charge in [0.1, 0.15) is 17.7 Å². The number of benzene rings is 1. The van der Waals surface area contributed by atoms with E-state index in [2.05, 4.69) is 15.3 Å². The van der Waals surface area contributed by atoms with Crippen LogP contribution in [0.15, 0.2) is 58.5 Å². The maximum Gasteiger partial charge on any atom is 0.411 e. The van der Waals surface area contributed by atoms with Crippen molar-refractivity contribution in [3.05, 3.63) is 92.3 Å². The minimum atomic E-state index is -4.61. The molecule has 1 aliphatic heterocycles. The van der Waals surface area contributed by atoms with Crippen molar-refractivity contribution in [2.75, 3.05) is 24.7 Å². The van der Waals surface area contributed by atoms with E-state index in [9.17, 15) is 32.3 Å². The number of ether oxygens (including phenoxy) is 1. The van der Waals surface area contributed by atoms with Crippen molar-refractivity contribution in [2.45, 2.75) is 44.9 Å². The molecule has 0 spiro atoms. The molecule has 1 N–H and O–H groups in total. The molecule has 4 heterocycles. The Balaban J connectivity index is 1.38. The SMILES string of the molecule is CCC(=O)[C@H](Cc1ccc(-n2c(=O)c3ccncc3n(C)c2=O)nc1)NC(=O)c1c(C)cc(N2CCOC[C@@H]2C(F)(F)F)cc1F. The van der Waals surface area contributed by atoms with Gasteiger partial charge in [0, 0.05) is 44.5 Å². The number of hydrogen-bond acceptors (Lipinski definition) is 8. The molecule has 0 saturated carbocycles. The van der Waals surface area contributed by atoms with Gasteiger partial charge in [-0.2, -0.15) is 13.2 Å². The molecule has 1 amide bonds. The van der Waals surface area contributed by atoms with Gasteiger partial charge in [0.15, 0.2) is 5.78 Å². The first kappa shape index (κ1) is 32.5. The number of alkyl halides is 3. The van der Waals surface area contributed by atoms with Crippen LogP contribution < -0.4 is 21.5 Å². The van der Waals surface area contributed by atoms with E-state index in [4.69, 9.17) is 4.74 Å². The van der Waals surface area contributed by atoms with Crippen molar-refractivity contribution in [3.8, 4) is 5.82 Å². The number of rotatable bonds is 8. The molecule has 4 aromatic rings. The summed E-state index contributed by atoms with van der Waals surface area (Å²) in [6.45, 7) is 2.31. The second-order valence-corrected chi connectivity index (χ2v) is 10.9. The van der Waals surface area contributed by atoms with Crippen molar-refractivity contribution in [2.24, 2.45) is 7.05 Å². The van der Waals surface area contributed by atoms with Gasteiger partial charge < -0.3 is 15.0 Å². The molecule has 0 unspecified atom stereocenters. The summed E-state index contributed by atoms with van der Waals surface area (Å²) in [5.74, 6) is -2.26. The van der Waals surface area contributed by atoms with Crippen LogP contribution in [0.25, 0.3) is 16.7 Å². The zero-order chi connectivity index (χ0) is 33.3. The summed E-state index contributed by atoms with van der Waals surface area (Å²) in [6, 6.07) is 3.59. The highest BCUT2D eigenvalue weighted by molar-refractivity contribution is 5.99. The smallest absolute Gasteiger partial charge is 0.377 e. The van der Waals surface area contributed by atoms with Crippen molar-refractivity contribution in [3.63, 3.8) is 0 Å². The summed E-state index contributed by atoms with van der Waals surface area (Å²) in [5, 5.41) is 2.82. The Morgan fingerprint density at radius 2 is 1.91 bits per heavy atom. The predicted molar refractivity (Wildman–Crippen MR) is 160 cm³/mol. The number of Topliss-reactive ketones (excluding diaryl/α,β-unsaturated/α-hetero) is 1. The summed E-state index contributed by atoms with van der Waals surface area (Å²) in [4.78, 5) is 61.3. The minimum absolute atomic E-state index is 0.0273. The summed E-state index contributed by atoms with van der Waals surface area (Å²) < 4.78 is 63.3. The maximum atomic E-state index is 15.3. The van der Waals surface area contributed by atoms with Crippen LogP contribution in [0.5, 0.6) is 0 Å². The number of carbonyl (C=O) groups is 2. The van der Waals surface area contributed by atoms with Crippen molar-refractivity contribution in [1.82, 2.24) is 24.4 Å². The highest BCUT2D eigenvalue weighted by Crippen LogP contribution is 2.33. The molecule has 1 fully saturated rings. The van der Waals surface area contributed by atoms with E-state index >= 15 is 4.39 Å². The number of morpholine rings is 1. The van der Waals surface area contributed by atoms with Crippen molar-refractivity contribution >= 4 is 28.3 Å². The molecule has 46 heavy (non-hydrogen) atoms. The van der Waals surface area contributed by atoms with Gasteiger partial charge in [-0.05, 0) is 42.3 Å². The third-order valence-electron chi connectivity index (χ3n) is 7.93. The molecule has 2 atom stereocenters. The Bertz CT molecular complexity index is 1900. The van der Waals surface area contributed by atoms with Gasteiger partial charge in [-0.15, -0.1) is 0 Å². The number of fused-ring (bicyclic) bond motifs is 1. The van der Waals surface area contributed by atoms with Gasteiger partial charge in [0.05, 0.1) is 41.9 Å². The van der Waals surface area contributed by atoms with Gasteiger partial charge in [0.25, 0.3) is 11.5 Å². The lowest BCUT2D eigenvalue weighted by molar-refractivity contribution is -0.167. The third-order valence-corrected chi connectivity index (χ3v) is 7.93. The normalized spacial score (nSPS) is 16.0. The first-order valence-electron chi connectivity index (χ1n) is 14.4. The number of halogens is 4. The Labute approximate surface area is 259 Å². The number of anilines is 1. The van der Waals surface area contributed by atoms with Crippen LogP contribution in [0.2, 0.25) is 0 Å². The average molecular weight is 643 g/mol. The van der Waals surface area contributed by atoms with Crippen molar-refractivity contribution < 1.29 is 31.9 Å². The predicted octanol–water partition coefficient (Wildman–Crippen LogP) is 3.01. The van der Waals surface area contributed by atoms with E-state index in [0.29, 0.717) is 11.1 Å². The second-order valence-electron chi connectivity index (χ2n) is 10.9. The molecule has 0 radical (unpaired) electrons. The fourth-order valence-corrected chi connectivity index (χ4v) is 5.49. The molecule has 15 heteroatoms. The zero-order valence-corrected chi connectivity index (χ0v) is 25.1. The summed E-state index contributed by atoms with van der Waals surface area (Å²) in [5.41, 5.74) is -0.738. The van der Waals surface area contributed by atoms with Gasteiger partial charge in [-0.25, -0.2) is 18.7 Å². The highest BCUT2D eigenvalue weighted by Gasteiger charge is 2.45. The zero-order valence-electron chi connectivity index (χ0n) is 25.1. The molecular weight excluding hydrogens is 612 g/mol. The lowest BCUT2D eigenvalue weighted by atomic mass is 10.00. The Morgan fingerprint density at radius 3 is 2.57 bits per heavy atom. The van der Waals surface area contributed by atoms with E-state index in [1.807, 2.05) is 0 Å². The first-order chi connectivity index (χ1) is 21.8. The molecule has 0 bridgehead atoms. The van der Waals surface area contributed by atoms with Crippen LogP contribution in [0.3, 0.4) is 0 Å². The average Bonchev–Trinajstić information content (AvgIpc) is 3.03. The van der Waals surface area contributed by atoms with Crippen LogP contribution in [-0.2, 0) is 23.0 Å². The number of hydrogen-bond donors (Lipinski definition) is 1. The summed E-state index contributed by atoms with van der Waals surface area (Å²) in [6.07, 6.45) is -0.400. The van der Waals surface area contributed by atoms with Gasteiger partial charge >= 0.3 is 11.9 Å². The Kier molecular flexibility index (Phi) is 9.06. The van der Waals surface area contributed by atoms with E-state index in [1.165, 1.54) is 55.3 Å². The first-order valence-corrected chi connectivity index (χ1v) is 14.4. The van der Waals surface area contributed by atoms with Crippen LogP contribution in [-0.4, -0.2) is 68.8 Å². The van der Waals surface area contributed by atoms with E-state index in [0.717, 1.165) is 15.5 Å². The number of carbonyl (C=O) groups excluding carboxylic acids is 2. The second kappa shape index (κ2) is 12.8. The van der Waals surface area contributed by atoms with Crippen LogP contribution in [0.4, 0.5) is 23.2 Å². The maximum absolute atomic E-state index is 15.3. The monoisotopic (exact) mass is 642 g/mol. The highest BCUT2D eigenvalue weighted by atomic mass is 19.4. The molecule has 0 aliphatic carbocycles. The minimum Gasteiger partial charge on any atom is -0.377 e. The topological polar surface area (TPSA) is 128 Å². The molecular formula is C31H30F4N6O5. The number of aromatic nitrogens is 4. The number of pyridine rings is 2. The molecule has 242 valence electrons. The fourth-order valence-electron chi connectivity index (χ4n) is 5.49. The molecule has 1 saturated heterocycles. The molecule has 11 nitrogen and oxygen atoms in total. The fraction of sp³-hybridized carbons (Fsp3) is 0.355. The van der Waals surface area contributed by atoms with Crippen LogP contribution >= 0.6 is 0 Å². The lowest BCUT2D eigenvalue weighted by Gasteiger charge is -2.38.